The average molecular weight is 296 g/mol. The molecule has 8 heteroatoms. The van der Waals surface area contributed by atoms with Gasteiger partial charge in [-0.25, -0.2) is 23.6 Å². The molecule has 2 aromatic rings. The van der Waals surface area contributed by atoms with Crippen molar-refractivity contribution in [1.82, 2.24) is 4.98 Å². The van der Waals surface area contributed by atoms with Crippen LogP contribution in [0.25, 0.3) is 0 Å². The van der Waals surface area contributed by atoms with Gasteiger partial charge in [0.15, 0.2) is 0 Å². The van der Waals surface area contributed by atoms with Crippen molar-refractivity contribution < 1.29 is 12.8 Å². The monoisotopic (exact) mass is 296 g/mol. The molecule has 0 unspecified atom stereocenters. The molecule has 1 aromatic heterocycles. The lowest BCUT2D eigenvalue weighted by atomic mass is 10.2. The maximum Gasteiger partial charge on any atom is 0.262 e. The van der Waals surface area contributed by atoms with Gasteiger partial charge in [-0.15, -0.1) is 0 Å². The molecule has 0 radical (unpaired) electrons. The highest BCUT2D eigenvalue weighted by atomic mass is 32.2. The minimum absolute atomic E-state index is 0.0682. The number of hydrogen-bond acceptors (Lipinski definition) is 5. The Labute approximate surface area is 115 Å². The van der Waals surface area contributed by atoms with Crippen LogP contribution in [-0.2, 0) is 10.0 Å². The molecule has 1 aromatic carbocycles. The number of nitrogens with two attached hydrogens (primary N) is 1. The summed E-state index contributed by atoms with van der Waals surface area (Å²) in [5.74, 6) is 4.72. The zero-order valence-electron chi connectivity index (χ0n) is 10.6. The first-order valence-corrected chi connectivity index (χ1v) is 7.12. The van der Waals surface area contributed by atoms with Gasteiger partial charge in [0.05, 0.1) is 10.6 Å². The van der Waals surface area contributed by atoms with Gasteiger partial charge in [0.1, 0.15) is 11.6 Å². The van der Waals surface area contributed by atoms with E-state index in [4.69, 9.17) is 5.84 Å². The summed E-state index contributed by atoms with van der Waals surface area (Å²) in [5, 5.41) is 0. The van der Waals surface area contributed by atoms with Crippen LogP contribution in [0.15, 0.2) is 41.4 Å². The number of sulfonamides is 1. The van der Waals surface area contributed by atoms with Crippen molar-refractivity contribution in [2.75, 3.05) is 10.1 Å². The smallest absolute Gasteiger partial charge is 0.262 e. The highest BCUT2D eigenvalue weighted by Crippen LogP contribution is 2.21. The van der Waals surface area contributed by atoms with Crippen LogP contribution >= 0.6 is 0 Å². The molecule has 106 valence electrons. The van der Waals surface area contributed by atoms with Crippen molar-refractivity contribution in [2.45, 2.75) is 11.8 Å². The third kappa shape index (κ3) is 3.03. The van der Waals surface area contributed by atoms with E-state index >= 15 is 0 Å². The van der Waals surface area contributed by atoms with Crippen LogP contribution in [0.3, 0.4) is 0 Å². The molecule has 0 aliphatic carbocycles. The van der Waals surface area contributed by atoms with Gasteiger partial charge in [-0.05, 0) is 30.7 Å². The summed E-state index contributed by atoms with van der Waals surface area (Å²) in [6, 6.07) is 6.70. The largest absolute Gasteiger partial charge is 0.308 e. The number of benzene rings is 1. The zero-order chi connectivity index (χ0) is 14.8. The molecule has 6 nitrogen and oxygen atoms in total. The second kappa shape index (κ2) is 5.43. The first kappa shape index (κ1) is 14.2. The SMILES string of the molecule is Cc1ccc(F)c(NS(=O)(=O)c2ccnc(NN)c2)c1. The van der Waals surface area contributed by atoms with E-state index in [0.717, 1.165) is 5.56 Å². The van der Waals surface area contributed by atoms with Gasteiger partial charge < -0.3 is 5.43 Å². The van der Waals surface area contributed by atoms with Crippen LogP contribution in [0.5, 0.6) is 0 Å². The number of aryl methyl sites for hydroxylation is 1. The number of nitrogens with one attached hydrogen (secondary N) is 2. The predicted molar refractivity (Wildman–Crippen MR) is 74.0 cm³/mol. The number of aromatic nitrogens is 1. The van der Waals surface area contributed by atoms with E-state index in [1.807, 2.05) is 0 Å². The molecule has 1 heterocycles. The Morgan fingerprint density at radius 1 is 1.25 bits per heavy atom. The molecular formula is C12H13FN4O2S. The molecule has 2 rings (SSSR count). The van der Waals surface area contributed by atoms with E-state index in [1.165, 1.54) is 30.5 Å². The lowest BCUT2D eigenvalue weighted by Crippen LogP contribution is -2.15. The second-order valence-corrected chi connectivity index (χ2v) is 5.79. The third-order valence-electron chi connectivity index (χ3n) is 2.56. The quantitative estimate of drug-likeness (QED) is 0.588. The molecular weight excluding hydrogens is 283 g/mol. The maximum atomic E-state index is 13.6. The molecule has 0 aliphatic rings. The number of nitrogens with zero attached hydrogens (tertiary/aromatic N) is 1. The Hall–Kier alpha value is -2.19. The highest BCUT2D eigenvalue weighted by molar-refractivity contribution is 7.92. The van der Waals surface area contributed by atoms with Crippen molar-refractivity contribution in [2.24, 2.45) is 5.84 Å². The van der Waals surface area contributed by atoms with Crippen LogP contribution in [0.4, 0.5) is 15.9 Å². The van der Waals surface area contributed by atoms with E-state index < -0.39 is 15.8 Å². The summed E-state index contributed by atoms with van der Waals surface area (Å²) in [5.41, 5.74) is 2.88. The third-order valence-corrected chi connectivity index (χ3v) is 3.92. The Morgan fingerprint density at radius 3 is 2.70 bits per heavy atom. The summed E-state index contributed by atoms with van der Waals surface area (Å²) < 4.78 is 40.1. The van der Waals surface area contributed by atoms with Crippen LogP contribution < -0.4 is 16.0 Å². The van der Waals surface area contributed by atoms with Crippen molar-refractivity contribution >= 4 is 21.5 Å². The van der Waals surface area contributed by atoms with Crippen molar-refractivity contribution in [3.05, 3.63) is 47.9 Å². The molecule has 4 N–H and O–H groups in total. The van der Waals surface area contributed by atoms with Crippen LogP contribution in [0.1, 0.15) is 5.56 Å². The molecule has 0 amide bonds. The molecule has 20 heavy (non-hydrogen) atoms. The number of halogens is 1. The van der Waals surface area contributed by atoms with Crippen LogP contribution in [-0.4, -0.2) is 13.4 Å². The van der Waals surface area contributed by atoms with Gasteiger partial charge >= 0.3 is 0 Å². The Kier molecular flexibility index (Phi) is 3.86. The second-order valence-electron chi connectivity index (χ2n) is 4.11. The number of anilines is 2. The minimum Gasteiger partial charge on any atom is -0.308 e. The van der Waals surface area contributed by atoms with E-state index in [0.29, 0.717) is 0 Å². The fourth-order valence-corrected chi connectivity index (χ4v) is 2.65. The highest BCUT2D eigenvalue weighted by Gasteiger charge is 2.17. The number of pyridine rings is 1. The minimum atomic E-state index is -3.91. The fraction of sp³-hybridized carbons (Fsp3) is 0.0833. The van der Waals surface area contributed by atoms with Gasteiger partial charge in [-0.3, -0.25) is 4.72 Å². The number of nitrogen functional groups attached to an aromatic ring is 1. The average Bonchev–Trinajstić information content (AvgIpc) is 2.43. The van der Waals surface area contributed by atoms with Gasteiger partial charge in [0, 0.05) is 12.3 Å². The van der Waals surface area contributed by atoms with E-state index in [-0.39, 0.29) is 16.4 Å². The number of hydrazine groups is 1. The van der Waals surface area contributed by atoms with Crippen molar-refractivity contribution in [3.63, 3.8) is 0 Å². The number of rotatable bonds is 4. The standard InChI is InChI=1S/C12H13FN4O2S/c1-8-2-3-10(13)11(6-8)17-20(18,19)9-4-5-15-12(7-9)16-14/h2-7,17H,14H2,1H3,(H,15,16). The van der Waals surface area contributed by atoms with Gasteiger partial charge in [-0.1, -0.05) is 6.07 Å². The van der Waals surface area contributed by atoms with E-state index in [2.05, 4.69) is 15.1 Å². The summed E-state index contributed by atoms with van der Waals surface area (Å²) in [6.45, 7) is 1.74. The lowest BCUT2D eigenvalue weighted by Gasteiger charge is -2.10. The zero-order valence-corrected chi connectivity index (χ0v) is 11.4. The molecule has 0 bridgehead atoms. The Balaban J connectivity index is 2.38. The summed E-state index contributed by atoms with van der Waals surface area (Å²) >= 11 is 0. The van der Waals surface area contributed by atoms with Crippen molar-refractivity contribution in [3.8, 4) is 0 Å². The Bertz CT molecular complexity index is 734. The summed E-state index contributed by atoms with van der Waals surface area (Å²) in [7, 11) is -3.91. The van der Waals surface area contributed by atoms with Crippen molar-refractivity contribution in [1.29, 1.82) is 0 Å². The molecule has 0 spiro atoms. The predicted octanol–water partition coefficient (Wildman–Crippen LogP) is 1.62. The lowest BCUT2D eigenvalue weighted by molar-refractivity contribution is 0.598. The fourth-order valence-electron chi connectivity index (χ4n) is 1.58. The van der Waals surface area contributed by atoms with Gasteiger partial charge in [0.2, 0.25) is 0 Å². The van der Waals surface area contributed by atoms with E-state index in [1.54, 1.807) is 13.0 Å². The van der Waals surface area contributed by atoms with Gasteiger partial charge in [-0.2, -0.15) is 0 Å². The van der Waals surface area contributed by atoms with Crippen LogP contribution in [0.2, 0.25) is 0 Å². The first-order chi connectivity index (χ1) is 9.42. The molecule has 0 fully saturated rings. The Morgan fingerprint density at radius 2 is 2.00 bits per heavy atom. The normalized spacial score (nSPS) is 11.2. The molecule has 0 aliphatic heterocycles. The van der Waals surface area contributed by atoms with Crippen LogP contribution in [0, 0.1) is 12.7 Å². The first-order valence-electron chi connectivity index (χ1n) is 5.64. The number of hydrogen-bond donors (Lipinski definition) is 3. The molecule has 0 saturated heterocycles. The molecule has 0 atom stereocenters. The summed E-state index contributed by atoms with van der Waals surface area (Å²) in [4.78, 5) is 3.74. The topological polar surface area (TPSA) is 97.1 Å². The van der Waals surface area contributed by atoms with Gasteiger partial charge in [0.25, 0.3) is 10.0 Å². The summed E-state index contributed by atoms with van der Waals surface area (Å²) in [6.07, 6.45) is 1.29. The van der Waals surface area contributed by atoms with E-state index in [9.17, 15) is 12.8 Å². The maximum absolute atomic E-state index is 13.6. The molecule has 0 saturated carbocycles.